The van der Waals surface area contributed by atoms with Gasteiger partial charge in [-0.1, -0.05) is 52.3 Å². The van der Waals surface area contributed by atoms with Crippen molar-refractivity contribution >= 4 is 17.6 Å². The lowest BCUT2D eigenvalue weighted by atomic mass is 9.79. The number of amides is 1. The highest BCUT2D eigenvalue weighted by atomic mass is 16.5. The molecule has 2 atom stereocenters. The molecular formula is C31H51N3O4. The normalized spacial score (nSPS) is 23.9. The molecule has 1 saturated carbocycles. The second-order valence-corrected chi connectivity index (χ2v) is 11.1. The fraction of sp³-hybridized carbons (Fsp3) is 0.677. The van der Waals surface area contributed by atoms with E-state index in [4.69, 9.17) is 9.47 Å². The molecule has 0 radical (unpaired) electrons. The molecule has 7 heteroatoms. The lowest BCUT2D eigenvalue weighted by molar-refractivity contribution is -0.153. The summed E-state index contributed by atoms with van der Waals surface area (Å²) in [5, 5.41) is 0. The molecular weight excluding hydrogens is 478 g/mol. The van der Waals surface area contributed by atoms with E-state index in [1.54, 1.807) is 7.11 Å². The Morgan fingerprint density at radius 2 is 1.84 bits per heavy atom. The molecule has 5 rings (SSSR count). The lowest BCUT2D eigenvalue weighted by Crippen LogP contribution is -2.55. The molecule has 3 aliphatic heterocycles. The van der Waals surface area contributed by atoms with Gasteiger partial charge >= 0.3 is 5.97 Å². The van der Waals surface area contributed by atoms with Crippen molar-refractivity contribution in [1.29, 1.82) is 0 Å². The molecule has 0 unspecified atom stereocenters. The Kier molecular flexibility index (Phi) is 12.6. The first-order chi connectivity index (χ1) is 17.8. The topological polar surface area (TPSA) is 85.1 Å². The molecule has 3 heterocycles. The van der Waals surface area contributed by atoms with Gasteiger partial charge < -0.3 is 20.1 Å². The van der Waals surface area contributed by atoms with E-state index >= 15 is 0 Å². The van der Waals surface area contributed by atoms with Crippen LogP contribution in [-0.4, -0.2) is 67.6 Å². The van der Waals surface area contributed by atoms with E-state index in [2.05, 4.69) is 41.2 Å². The van der Waals surface area contributed by atoms with Crippen LogP contribution >= 0.6 is 0 Å². The number of piperidine rings is 1. The van der Waals surface area contributed by atoms with Crippen molar-refractivity contribution in [2.45, 2.75) is 85.1 Å². The molecule has 1 spiro atoms. The number of nitrogens with zero attached hydrogens (tertiary/aromatic N) is 2. The van der Waals surface area contributed by atoms with E-state index in [0.29, 0.717) is 24.5 Å². The summed E-state index contributed by atoms with van der Waals surface area (Å²) in [6.07, 6.45) is 11.0. The Balaban J connectivity index is 0.000000264. The fourth-order valence-corrected chi connectivity index (χ4v) is 6.27. The van der Waals surface area contributed by atoms with Gasteiger partial charge in [0.1, 0.15) is 5.75 Å². The number of cyclic esters (lactones) is 1. The van der Waals surface area contributed by atoms with Crippen molar-refractivity contribution in [3.8, 4) is 5.75 Å². The predicted octanol–water partition coefficient (Wildman–Crippen LogP) is 5.48. The molecule has 0 aromatic heterocycles. The number of carbonyl (C=O) groups is 2. The number of nitrogens with two attached hydrogens (primary N) is 1. The molecule has 7 nitrogen and oxygen atoms in total. The highest BCUT2D eigenvalue weighted by Gasteiger charge is 2.39. The molecule has 0 bridgehead atoms. The fourth-order valence-electron chi connectivity index (χ4n) is 6.27. The van der Waals surface area contributed by atoms with Gasteiger partial charge in [0.15, 0.2) is 0 Å². The Labute approximate surface area is 230 Å². The molecule has 1 amide bonds. The third-order valence-corrected chi connectivity index (χ3v) is 8.46. The number of benzene rings is 1. The number of hydrogen-bond donors (Lipinski definition) is 1. The van der Waals surface area contributed by atoms with Gasteiger partial charge in [-0.05, 0) is 55.6 Å². The maximum Gasteiger partial charge on any atom is 0.306 e. The van der Waals surface area contributed by atoms with Gasteiger partial charge in [-0.2, -0.15) is 0 Å². The Morgan fingerprint density at radius 3 is 2.47 bits per heavy atom. The number of esters is 1. The number of fused-ring (bicyclic) bond motifs is 1. The van der Waals surface area contributed by atoms with Crippen molar-refractivity contribution in [3.63, 3.8) is 0 Å². The summed E-state index contributed by atoms with van der Waals surface area (Å²) in [5.74, 6) is 1.52. The first-order valence-corrected chi connectivity index (χ1v) is 14.0. The minimum absolute atomic E-state index is 0. The van der Waals surface area contributed by atoms with E-state index in [-0.39, 0.29) is 19.3 Å². The second-order valence-electron chi connectivity index (χ2n) is 11.1. The van der Waals surface area contributed by atoms with Gasteiger partial charge in [0.25, 0.3) is 0 Å². The van der Waals surface area contributed by atoms with Gasteiger partial charge in [0.05, 0.1) is 20.1 Å². The molecule has 1 aromatic rings. The van der Waals surface area contributed by atoms with Crippen molar-refractivity contribution in [1.82, 2.24) is 9.80 Å². The minimum atomic E-state index is -0.333. The maximum absolute atomic E-state index is 11.0. The van der Waals surface area contributed by atoms with Gasteiger partial charge in [0, 0.05) is 50.4 Å². The molecule has 2 N–H and O–H groups in total. The smallest absolute Gasteiger partial charge is 0.306 e. The van der Waals surface area contributed by atoms with E-state index in [1.165, 1.54) is 58.4 Å². The summed E-state index contributed by atoms with van der Waals surface area (Å²) in [6, 6.07) is 8.90. The van der Waals surface area contributed by atoms with Gasteiger partial charge in [0.2, 0.25) is 5.91 Å². The van der Waals surface area contributed by atoms with Crippen molar-refractivity contribution < 1.29 is 19.1 Å². The first kappa shape index (κ1) is 31.7. The van der Waals surface area contributed by atoms with Crippen molar-refractivity contribution in [3.05, 3.63) is 36.4 Å². The number of hydrogen-bond acceptors (Lipinski definition) is 6. The summed E-state index contributed by atoms with van der Waals surface area (Å²) >= 11 is 0. The molecule has 4 aliphatic rings. The molecule has 3 saturated heterocycles. The van der Waals surface area contributed by atoms with Crippen LogP contribution in [0.5, 0.6) is 5.75 Å². The van der Waals surface area contributed by atoms with Gasteiger partial charge in [-0.15, -0.1) is 0 Å². The van der Waals surface area contributed by atoms with Crippen LogP contribution in [0.25, 0.3) is 5.70 Å². The zero-order chi connectivity index (χ0) is 26.8. The Morgan fingerprint density at radius 1 is 1.16 bits per heavy atom. The van der Waals surface area contributed by atoms with E-state index in [1.807, 2.05) is 12.1 Å². The standard InChI is InChI=1S/C19H28N2O.C9H14O2.C2H5NO.CH4/c1-4-16-9-10-17-14-20(11-12-21(17)13-16)15(2)18-7-5-6-8-19(18)22-3;10-8-7-9(5-6-11-8)3-1-2-4-9;1-2(3)4;/h5-8,16-17H,2,4,9-14H2,1,3H3;1-7H2;1H3,(H2,3,4);1H4/t16-,17+;;;/m1.../s1. The maximum atomic E-state index is 11.0. The largest absolute Gasteiger partial charge is 0.496 e. The first-order valence-electron chi connectivity index (χ1n) is 14.0. The Bertz CT molecular complexity index is 908. The molecule has 1 aromatic carbocycles. The number of para-hydroxylation sites is 1. The summed E-state index contributed by atoms with van der Waals surface area (Å²) in [4.78, 5) is 25.4. The number of piperazine rings is 1. The molecule has 38 heavy (non-hydrogen) atoms. The number of ether oxygens (including phenoxy) is 2. The van der Waals surface area contributed by atoms with E-state index in [9.17, 15) is 9.59 Å². The Hall–Kier alpha value is -2.54. The van der Waals surface area contributed by atoms with E-state index < -0.39 is 0 Å². The highest BCUT2D eigenvalue weighted by molar-refractivity contribution is 5.71. The monoisotopic (exact) mass is 529 g/mol. The van der Waals surface area contributed by atoms with Crippen LogP contribution in [0.2, 0.25) is 0 Å². The highest BCUT2D eigenvalue weighted by Crippen LogP contribution is 2.45. The number of primary amides is 1. The molecule has 4 fully saturated rings. The second kappa shape index (κ2) is 15.2. The summed E-state index contributed by atoms with van der Waals surface area (Å²) in [6.45, 7) is 13.3. The molecule has 1 aliphatic carbocycles. The van der Waals surface area contributed by atoms with E-state index in [0.717, 1.165) is 49.0 Å². The zero-order valence-electron chi connectivity index (χ0n) is 23.2. The predicted molar refractivity (Wildman–Crippen MR) is 155 cm³/mol. The van der Waals surface area contributed by atoms with Crippen LogP contribution in [0.4, 0.5) is 0 Å². The van der Waals surface area contributed by atoms with Crippen molar-refractivity contribution in [2.75, 3.05) is 39.9 Å². The van der Waals surface area contributed by atoms with Crippen molar-refractivity contribution in [2.24, 2.45) is 17.1 Å². The minimum Gasteiger partial charge on any atom is -0.496 e. The van der Waals surface area contributed by atoms with Crippen LogP contribution in [0.15, 0.2) is 30.8 Å². The number of carbonyl (C=O) groups excluding carboxylic acids is 2. The van der Waals surface area contributed by atoms with Gasteiger partial charge in [-0.3, -0.25) is 14.5 Å². The average Bonchev–Trinajstić information content (AvgIpc) is 3.34. The summed E-state index contributed by atoms with van der Waals surface area (Å²) in [5.41, 5.74) is 7.07. The number of rotatable bonds is 4. The lowest BCUT2D eigenvalue weighted by Gasteiger charge is -2.47. The van der Waals surface area contributed by atoms with Crippen LogP contribution in [0, 0.1) is 11.3 Å². The quantitative estimate of drug-likeness (QED) is 0.520. The molecule has 214 valence electrons. The van der Waals surface area contributed by atoms with Crippen LogP contribution in [-0.2, 0) is 14.3 Å². The third-order valence-electron chi connectivity index (χ3n) is 8.46. The number of methoxy groups -OCH3 is 1. The summed E-state index contributed by atoms with van der Waals surface area (Å²) < 4.78 is 10.4. The summed E-state index contributed by atoms with van der Waals surface area (Å²) in [7, 11) is 1.73. The van der Waals surface area contributed by atoms with Gasteiger partial charge in [-0.25, -0.2) is 0 Å². The van der Waals surface area contributed by atoms with Crippen LogP contribution < -0.4 is 10.5 Å². The van der Waals surface area contributed by atoms with Crippen LogP contribution in [0.3, 0.4) is 0 Å². The average molecular weight is 530 g/mol. The zero-order valence-corrected chi connectivity index (χ0v) is 23.2. The van der Waals surface area contributed by atoms with Crippen LogP contribution in [0.1, 0.15) is 84.6 Å². The SMILES string of the molecule is C.C=C(c1ccccc1OC)N1CCN2C[C@H](CC)CC[C@H]2C1.CC(N)=O.O=C1CC2(CCCC2)CCO1. The third kappa shape index (κ3) is 8.75.